The van der Waals surface area contributed by atoms with E-state index in [-0.39, 0.29) is 17.4 Å². The number of hydrogen-bond donors (Lipinski definition) is 1. The Bertz CT molecular complexity index is 754. The number of amides is 1. The maximum Gasteiger partial charge on any atom is 0.229 e. The molecule has 7 heteroatoms. The van der Waals surface area contributed by atoms with Crippen molar-refractivity contribution >= 4 is 32.3 Å². The van der Waals surface area contributed by atoms with Crippen molar-refractivity contribution in [3.63, 3.8) is 0 Å². The monoisotopic (exact) mass is 322 g/mol. The van der Waals surface area contributed by atoms with Gasteiger partial charge >= 0.3 is 0 Å². The predicted octanol–water partition coefficient (Wildman–Crippen LogP) is 2.18. The Labute approximate surface area is 127 Å². The summed E-state index contributed by atoms with van der Waals surface area (Å²) in [6.45, 7) is 0. The average Bonchev–Trinajstić information content (AvgIpc) is 3.06. The molecule has 2 aromatic rings. The Morgan fingerprint density at radius 3 is 2.71 bits per heavy atom. The Balaban J connectivity index is 1.69. The number of rotatable bonds is 3. The molecule has 110 valence electrons. The number of nitrogens with one attached hydrogen (secondary N) is 1. The van der Waals surface area contributed by atoms with E-state index in [1.54, 1.807) is 6.07 Å². The second-order valence-electron chi connectivity index (χ2n) is 5.03. The lowest BCUT2D eigenvalue weighted by atomic mass is 10.1. The van der Waals surface area contributed by atoms with Crippen molar-refractivity contribution in [3.8, 4) is 11.3 Å². The van der Waals surface area contributed by atoms with Crippen molar-refractivity contribution in [1.29, 1.82) is 0 Å². The lowest BCUT2D eigenvalue weighted by Gasteiger charge is -2.06. The van der Waals surface area contributed by atoms with Gasteiger partial charge in [0.05, 0.1) is 23.1 Å². The average molecular weight is 322 g/mol. The van der Waals surface area contributed by atoms with Gasteiger partial charge in [-0.15, -0.1) is 0 Å². The molecule has 0 unspecified atom stereocenters. The Hall–Kier alpha value is -1.73. The van der Waals surface area contributed by atoms with Crippen LogP contribution < -0.4 is 5.32 Å². The van der Waals surface area contributed by atoms with Gasteiger partial charge < -0.3 is 5.32 Å². The molecule has 5 nitrogen and oxygen atoms in total. The van der Waals surface area contributed by atoms with Crippen LogP contribution in [0.3, 0.4) is 0 Å². The molecule has 1 fully saturated rings. The molecule has 1 aromatic heterocycles. The van der Waals surface area contributed by atoms with E-state index < -0.39 is 15.8 Å². The molecule has 1 saturated heterocycles. The van der Waals surface area contributed by atoms with Crippen molar-refractivity contribution in [3.05, 3.63) is 36.4 Å². The topological polar surface area (TPSA) is 76.1 Å². The van der Waals surface area contributed by atoms with Gasteiger partial charge in [0.25, 0.3) is 0 Å². The molecule has 1 aliphatic heterocycles. The highest BCUT2D eigenvalue weighted by atomic mass is 32.2. The zero-order chi connectivity index (χ0) is 14.9. The number of anilines is 1. The fourth-order valence-corrected chi connectivity index (χ4v) is 4.71. The molecule has 21 heavy (non-hydrogen) atoms. The fraction of sp³-hybridized carbons (Fsp3) is 0.286. The van der Waals surface area contributed by atoms with Gasteiger partial charge in [-0.25, -0.2) is 8.42 Å². The van der Waals surface area contributed by atoms with Crippen molar-refractivity contribution in [1.82, 2.24) is 4.37 Å². The van der Waals surface area contributed by atoms with Crippen LogP contribution in [0.25, 0.3) is 11.3 Å². The summed E-state index contributed by atoms with van der Waals surface area (Å²) in [5.74, 6) is -0.636. The minimum Gasteiger partial charge on any atom is -0.316 e. The van der Waals surface area contributed by atoms with Gasteiger partial charge in [0.15, 0.2) is 9.84 Å². The van der Waals surface area contributed by atoms with Gasteiger partial charge in [-0.05, 0) is 18.0 Å². The van der Waals surface area contributed by atoms with Gasteiger partial charge in [0.1, 0.15) is 5.00 Å². The smallest absolute Gasteiger partial charge is 0.229 e. The lowest BCUT2D eigenvalue weighted by Crippen LogP contribution is -2.23. The quantitative estimate of drug-likeness (QED) is 0.940. The number of aromatic nitrogens is 1. The van der Waals surface area contributed by atoms with Gasteiger partial charge in [-0.1, -0.05) is 30.3 Å². The standard InChI is InChI=1S/C14H14N2O3S2/c17-14(11-6-7-21(18,19)9-11)15-13-8-12(16-20-13)10-4-2-1-3-5-10/h1-5,8,11H,6-7,9H2,(H,15,17)/t11-/m1/s1. The molecule has 2 heterocycles. The highest BCUT2D eigenvalue weighted by molar-refractivity contribution is 7.91. The number of carbonyl (C=O) groups excluding carboxylic acids is 1. The second kappa shape index (κ2) is 5.57. The van der Waals surface area contributed by atoms with Gasteiger partial charge in [-0.3, -0.25) is 4.79 Å². The maximum atomic E-state index is 12.1. The number of carbonyl (C=O) groups is 1. The zero-order valence-electron chi connectivity index (χ0n) is 11.2. The molecular formula is C14H14N2O3S2. The third kappa shape index (κ3) is 3.30. The van der Waals surface area contributed by atoms with Crippen molar-refractivity contribution in [2.24, 2.45) is 5.92 Å². The first-order valence-corrected chi connectivity index (χ1v) is 9.16. The predicted molar refractivity (Wildman–Crippen MR) is 82.9 cm³/mol. The van der Waals surface area contributed by atoms with E-state index in [0.29, 0.717) is 11.4 Å². The summed E-state index contributed by atoms with van der Waals surface area (Å²) in [5, 5.41) is 3.41. The third-order valence-electron chi connectivity index (χ3n) is 3.43. The van der Waals surface area contributed by atoms with Crippen LogP contribution in [0.4, 0.5) is 5.00 Å². The molecular weight excluding hydrogens is 308 g/mol. The molecule has 0 saturated carbocycles. The molecule has 1 atom stereocenters. The van der Waals surface area contributed by atoms with E-state index in [1.165, 1.54) is 11.5 Å². The van der Waals surface area contributed by atoms with Gasteiger partial charge in [-0.2, -0.15) is 4.37 Å². The summed E-state index contributed by atoms with van der Waals surface area (Å²) < 4.78 is 27.1. The molecule has 1 N–H and O–H groups in total. The van der Waals surface area contributed by atoms with Crippen LogP contribution in [0.2, 0.25) is 0 Å². The molecule has 0 radical (unpaired) electrons. The molecule has 1 amide bonds. The normalized spacial score (nSPS) is 20.3. The molecule has 0 aliphatic carbocycles. The van der Waals surface area contributed by atoms with E-state index >= 15 is 0 Å². The number of hydrogen-bond acceptors (Lipinski definition) is 5. The molecule has 3 rings (SSSR count). The van der Waals surface area contributed by atoms with Crippen LogP contribution in [-0.2, 0) is 14.6 Å². The Morgan fingerprint density at radius 2 is 2.05 bits per heavy atom. The third-order valence-corrected chi connectivity index (χ3v) is 5.90. The van der Waals surface area contributed by atoms with E-state index in [4.69, 9.17) is 0 Å². The van der Waals surface area contributed by atoms with Crippen molar-refractivity contribution in [2.75, 3.05) is 16.8 Å². The SMILES string of the molecule is O=C(Nc1cc(-c2ccccc2)ns1)[C@@H]1CCS(=O)(=O)C1. The van der Waals surface area contributed by atoms with Gasteiger partial charge in [0, 0.05) is 11.6 Å². The lowest BCUT2D eigenvalue weighted by molar-refractivity contribution is -0.119. The highest BCUT2D eigenvalue weighted by Crippen LogP contribution is 2.27. The van der Waals surface area contributed by atoms with Crippen LogP contribution in [-0.4, -0.2) is 30.2 Å². The van der Waals surface area contributed by atoms with E-state index in [1.807, 2.05) is 30.3 Å². The highest BCUT2D eigenvalue weighted by Gasteiger charge is 2.33. The summed E-state index contributed by atoms with van der Waals surface area (Å²) in [7, 11) is -3.04. The summed E-state index contributed by atoms with van der Waals surface area (Å²) in [4.78, 5) is 12.1. The Morgan fingerprint density at radius 1 is 1.29 bits per heavy atom. The first-order chi connectivity index (χ1) is 10.0. The number of benzene rings is 1. The van der Waals surface area contributed by atoms with E-state index in [0.717, 1.165) is 11.3 Å². The summed E-state index contributed by atoms with van der Waals surface area (Å²) >= 11 is 1.20. The maximum absolute atomic E-state index is 12.1. The van der Waals surface area contributed by atoms with E-state index in [9.17, 15) is 13.2 Å². The van der Waals surface area contributed by atoms with Crippen LogP contribution in [0, 0.1) is 5.92 Å². The van der Waals surface area contributed by atoms with Crippen LogP contribution in [0.1, 0.15) is 6.42 Å². The van der Waals surface area contributed by atoms with Crippen LogP contribution in [0.5, 0.6) is 0 Å². The first-order valence-electron chi connectivity index (χ1n) is 6.57. The van der Waals surface area contributed by atoms with Crippen LogP contribution in [0.15, 0.2) is 36.4 Å². The summed E-state index contributed by atoms with van der Waals surface area (Å²) in [5.41, 5.74) is 1.78. The van der Waals surface area contributed by atoms with Crippen molar-refractivity contribution in [2.45, 2.75) is 6.42 Å². The van der Waals surface area contributed by atoms with Crippen LogP contribution >= 0.6 is 11.5 Å². The largest absolute Gasteiger partial charge is 0.316 e. The van der Waals surface area contributed by atoms with Crippen molar-refractivity contribution < 1.29 is 13.2 Å². The molecule has 1 aromatic carbocycles. The first kappa shape index (κ1) is 14.2. The van der Waals surface area contributed by atoms with E-state index in [2.05, 4.69) is 9.69 Å². The molecule has 0 spiro atoms. The fourth-order valence-electron chi connectivity index (χ4n) is 2.30. The minimum atomic E-state index is -3.04. The summed E-state index contributed by atoms with van der Waals surface area (Å²) in [6.07, 6.45) is 0.401. The second-order valence-corrected chi connectivity index (χ2v) is 8.07. The summed E-state index contributed by atoms with van der Waals surface area (Å²) in [6, 6.07) is 11.5. The zero-order valence-corrected chi connectivity index (χ0v) is 12.8. The minimum absolute atomic E-state index is 0.0524. The molecule has 1 aliphatic rings. The number of nitrogens with zero attached hydrogens (tertiary/aromatic N) is 1. The Kier molecular flexibility index (Phi) is 3.77. The molecule has 0 bridgehead atoms. The van der Waals surface area contributed by atoms with Gasteiger partial charge in [0.2, 0.25) is 5.91 Å². The number of sulfone groups is 1.